The topological polar surface area (TPSA) is 43.2 Å². The average Bonchev–Trinajstić information content (AvgIpc) is 3.45. The monoisotopic (exact) mass is 526 g/mol. The van der Waals surface area contributed by atoms with Crippen LogP contribution in [-0.4, -0.2) is 37.1 Å². The van der Waals surface area contributed by atoms with Gasteiger partial charge in [0.15, 0.2) is 12.5 Å². The first-order valence-corrected chi connectivity index (χ1v) is 12.6. The molecular formula is C25H26Cl4N2O2. The first-order chi connectivity index (χ1) is 15.9. The van der Waals surface area contributed by atoms with Gasteiger partial charge in [-0.05, 0) is 66.5 Å². The van der Waals surface area contributed by atoms with Crippen molar-refractivity contribution in [1.82, 2.24) is 0 Å². The molecule has 0 fully saturated rings. The molecule has 2 aliphatic rings. The molecule has 8 heteroatoms. The molecule has 4 nitrogen and oxygen atoms in total. The summed E-state index contributed by atoms with van der Waals surface area (Å²) >= 11 is 24.6. The molecule has 33 heavy (non-hydrogen) atoms. The number of hydrogen-bond acceptors (Lipinski definition) is 4. The molecule has 2 aromatic rings. The number of halogens is 4. The second-order valence-corrected chi connectivity index (χ2v) is 10.3. The van der Waals surface area contributed by atoms with Crippen LogP contribution in [0.2, 0.25) is 20.1 Å². The molecule has 0 aliphatic carbocycles. The quantitative estimate of drug-likeness (QED) is 0.349. The van der Waals surface area contributed by atoms with Gasteiger partial charge in [0.05, 0.1) is 32.2 Å². The van der Waals surface area contributed by atoms with Crippen LogP contribution in [0.3, 0.4) is 0 Å². The lowest BCUT2D eigenvalue weighted by molar-refractivity contribution is 0.206. The van der Waals surface area contributed by atoms with Gasteiger partial charge in [-0.25, -0.2) is 4.99 Å². The predicted molar refractivity (Wildman–Crippen MR) is 138 cm³/mol. The van der Waals surface area contributed by atoms with Crippen molar-refractivity contribution in [1.29, 1.82) is 0 Å². The van der Waals surface area contributed by atoms with Crippen molar-refractivity contribution in [2.24, 2.45) is 9.98 Å². The molecule has 2 aromatic carbocycles. The number of ether oxygens (including phenoxy) is 2. The minimum atomic E-state index is -0.299. The van der Waals surface area contributed by atoms with E-state index in [-0.39, 0.29) is 30.0 Å². The standard InChI is InChI=1S/C25H26Cl4N2O2/c1-3-15(17-5-7-20(27)22(29)10-17)11-23-24(33-13-30-23)25-31-18(12-32-25)8-14(2)16-4-6-19(26)21(28)9-16/h4-7,9-10,13-15,18,23-24H,3,8,11-12H2,1-2H3. The largest absolute Gasteiger partial charge is 0.476 e. The molecule has 0 radical (unpaired) electrons. The SMILES string of the molecule is CCC(CC1N=COC1C1=NC(CC(C)c2ccc(Cl)c(Cl)c2)CO1)c1ccc(Cl)c(Cl)c1. The lowest BCUT2D eigenvalue weighted by atomic mass is 9.88. The van der Waals surface area contributed by atoms with Crippen molar-refractivity contribution >= 4 is 58.7 Å². The number of aliphatic imine (C=N–C) groups is 2. The third-order valence-electron chi connectivity index (χ3n) is 6.36. The van der Waals surface area contributed by atoms with Gasteiger partial charge in [-0.3, -0.25) is 4.99 Å². The van der Waals surface area contributed by atoms with Gasteiger partial charge in [-0.15, -0.1) is 0 Å². The zero-order chi connectivity index (χ0) is 23.5. The van der Waals surface area contributed by atoms with E-state index >= 15 is 0 Å². The van der Waals surface area contributed by atoms with Crippen molar-refractivity contribution in [3.63, 3.8) is 0 Å². The van der Waals surface area contributed by atoms with Crippen molar-refractivity contribution < 1.29 is 9.47 Å². The van der Waals surface area contributed by atoms with Crippen LogP contribution in [-0.2, 0) is 9.47 Å². The third kappa shape index (κ3) is 5.79. The van der Waals surface area contributed by atoms with Gasteiger partial charge in [0.1, 0.15) is 6.61 Å². The first kappa shape index (κ1) is 24.7. The minimum absolute atomic E-state index is 0.0607. The molecule has 0 N–H and O–H groups in total. The van der Waals surface area contributed by atoms with Gasteiger partial charge in [-0.1, -0.05) is 72.4 Å². The molecule has 0 saturated heterocycles. The zero-order valence-corrected chi connectivity index (χ0v) is 21.5. The molecule has 0 bridgehead atoms. The normalized spacial score (nSPS) is 23.7. The Balaban J connectivity index is 1.41. The fraction of sp³-hybridized carbons (Fsp3) is 0.440. The summed E-state index contributed by atoms with van der Waals surface area (Å²) in [6, 6.07) is 11.6. The fourth-order valence-electron chi connectivity index (χ4n) is 4.43. The van der Waals surface area contributed by atoms with Crippen LogP contribution in [0.1, 0.15) is 56.1 Å². The summed E-state index contributed by atoms with van der Waals surface area (Å²) < 4.78 is 11.8. The number of rotatable bonds is 8. The molecular weight excluding hydrogens is 502 g/mol. The Kier molecular flexibility index (Phi) is 8.11. The maximum atomic E-state index is 6.24. The highest BCUT2D eigenvalue weighted by Gasteiger charge is 2.37. The van der Waals surface area contributed by atoms with E-state index in [1.807, 2.05) is 36.4 Å². The van der Waals surface area contributed by atoms with E-state index in [2.05, 4.69) is 18.8 Å². The van der Waals surface area contributed by atoms with Crippen LogP contribution >= 0.6 is 46.4 Å². The molecule has 0 amide bonds. The van der Waals surface area contributed by atoms with Crippen molar-refractivity contribution in [2.45, 2.75) is 63.1 Å². The minimum Gasteiger partial charge on any atom is -0.476 e. The maximum absolute atomic E-state index is 6.24. The second-order valence-electron chi connectivity index (χ2n) is 8.64. The van der Waals surface area contributed by atoms with Crippen LogP contribution in [0.15, 0.2) is 46.4 Å². The lowest BCUT2D eigenvalue weighted by Gasteiger charge is -2.22. The van der Waals surface area contributed by atoms with E-state index in [1.54, 1.807) is 0 Å². The molecule has 176 valence electrons. The molecule has 2 aliphatic heterocycles. The Morgan fingerprint density at radius 2 is 1.61 bits per heavy atom. The number of nitrogens with zero attached hydrogens (tertiary/aromatic N) is 2. The Labute approximate surface area is 214 Å². The summed E-state index contributed by atoms with van der Waals surface area (Å²) in [6.07, 6.45) is 3.83. The highest BCUT2D eigenvalue weighted by molar-refractivity contribution is 6.42. The predicted octanol–water partition coefficient (Wildman–Crippen LogP) is 7.97. The van der Waals surface area contributed by atoms with Crippen molar-refractivity contribution in [3.8, 4) is 0 Å². The summed E-state index contributed by atoms with van der Waals surface area (Å²) in [5.41, 5.74) is 2.29. The van der Waals surface area contributed by atoms with E-state index < -0.39 is 0 Å². The highest BCUT2D eigenvalue weighted by atomic mass is 35.5. The number of hydrogen-bond donors (Lipinski definition) is 0. The Bertz CT molecular complexity index is 1060. The van der Waals surface area contributed by atoms with Crippen LogP contribution < -0.4 is 0 Å². The Morgan fingerprint density at radius 3 is 2.27 bits per heavy atom. The van der Waals surface area contributed by atoms with Crippen molar-refractivity contribution in [2.75, 3.05) is 6.61 Å². The third-order valence-corrected chi connectivity index (χ3v) is 7.84. The first-order valence-electron chi connectivity index (χ1n) is 11.1. The summed E-state index contributed by atoms with van der Waals surface area (Å²) in [5, 5.41) is 2.26. The van der Waals surface area contributed by atoms with Crippen LogP contribution in [0.4, 0.5) is 0 Å². The maximum Gasteiger partial charge on any atom is 0.228 e. The van der Waals surface area contributed by atoms with E-state index in [1.165, 1.54) is 6.40 Å². The average molecular weight is 528 g/mol. The van der Waals surface area contributed by atoms with Gasteiger partial charge >= 0.3 is 0 Å². The molecule has 5 unspecified atom stereocenters. The highest BCUT2D eigenvalue weighted by Crippen LogP contribution is 2.34. The van der Waals surface area contributed by atoms with Gasteiger partial charge in [0.2, 0.25) is 5.90 Å². The van der Waals surface area contributed by atoms with Gasteiger partial charge < -0.3 is 9.47 Å². The summed E-state index contributed by atoms with van der Waals surface area (Å²) in [6.45, 7) is 4.86. The molecule has 0 saturated carbocycles. The summed E-state index contributed by atoms with van der Waals surface area (Å²) in [7, 11) is 0. The molecule has 0 aromatic heterocycles. The smallest absolute Gasteiger partial charge is 0.228 e. The van der Waals surface area contributed by atoms with Crippen molar-refractivity contribution in [3.05, 3.63) is 67.6 Å². The van der Waals surface area contributed by atoms with Crippen LogP contribution in [0.25, 0.3) is 0 Å². The lowest BCUT2D eigenvalue weighted by Crippen LogP contribution is -2.32. The van der Waals surface area contributed by atoms with E-state index in [0.717, 1.165) is 30.4 Å². The molecule has 0 spiro atoms. The van der Waals surface area contributed by atoms with Gasteiger partial charge in [-0.2, -0.15) is 0 Å². The van der Waals surface area contributed by atoms with Crippen LogP contribution in [0.5, 0.6) is 0 Å². The molecule has 2 heterocycles. The molecule has 5 atom stereocenters. The van der Waals surface area contributed by atoms with Gasteiger partial charge in [0.25, 0.3) is 0 Å². The zero-order valence-electron chi connectivity index (χ0n) is 18.5. The fourth-order valence-corrected chi connectivity index (χ4v) is 5.04. The van der Waals surface area contributed by atoms with E-state index in [0.29, 0.717) is 32.6 Å². The summed E-state index contributed by atoms with van der Waals surface area (Å²) in [5.74, 6) is 1.18. The van der Waals surface area contributed by atoms with Crippen LogP contribution in [0, 0.1) is 0 Å². The second kappa shape index (κ2) is 10.9. The number of benzene rings is 2. The van der Waals surface area contributed by atoms with Gasteiger partial charge in [0, 0.05) is 0 Å². The molecule has 4 rings (SSSR count). The van der Waals surface area contributed by atoms with E-state index in [4.69, 9.17) is 60.9 Å². The van der Waals surface area contributed by atoms with E-state index in [9.17, 15) is 0 Å². The summed E-state index contributed by atoms with van der Waals surface area (Å²) in [4.78, 5) is 9.42. The Hall–Kier alpha value is -1.46. The Morgan fingerprint density at radius 1 is 0.939 bits per heavy atom.